The lowest BCUT2D eigenvalue weighted by Gasteiger charge is -2.20. The molecular weight excluding hydrogens is 430 g/mol. The molecule has 3 aliphatic rings. The minimum atomic E-state index is -1.09. The van der Waals surface area contributed by atoms with Gasteiger partial charge in [-0.25, -0.2) is 4.79 Å². The third-order valence-electron chi connectivity index (χ3n) is 5.19. The summed E-state index contributed by atoms with van der Waals surface area (Å²) in [5.74, 6) is 1.31. The highest BCUT2D eigenvalue weighted by atomic mass is 32.2. The van der Waals surface area contributed by atoms with E-state index in [1.54, 1.807) is 42.6 Å². The number of carbonyl (C=O) groups is 1. The monoisotopic (exact) mass is 453 g/mol. The van der Waals surface area contributed by atoms with Crippen LogP contribution in [0.2, 0.25) is 0 Å². The molecule has 3 heterocycles. The van der Waals surface area contributed by atoms with Crippen LogP contribution in [0.25, 0.3) is 0 Å². The summed E-state index contributed by atoms with van der Waals surface area (Å²) in [5.41, 5.74) is -0.327. The number of aliphatic imine (C=N–C) groups is 2. The minimum Gasteiger partial charge on any atom is -0.507 e. The van der Waals surface area contributed by atoms with E-state index in [2.05, 4.69) is 10.3 Å². The fraction of sp³-hybridized carbons (Fsp3) is 0.526. The maximum absolute atomic E-state index is 11.3. The summed E-state index contributed by atoms with van der Waals surface area (Å²) in [7, 11) is 0. The number of phenols is 1. The number of rotatable bonds is 6. The number of aliphatic hydroxyl groups is 1. The fourth-order valence-electron chi connectivity index (χ4n) is 3.40. The normalized spacial score (nSPS) is 32.8. The average Bonchev–Trinajstić information content (AvgIpc) is 3.41. The Morgan fingerprint density at radius 3 is 2.86 bits per heavy atom. The van der Waals surface area contributed by atoms with Crippen molar-refractivity contribution < 1.29 is 20.1 Å². The van der Waals surface area contributed by atoms with Gasteiger partial charge in [-0.05, 0) is 19.1 Å². The number of aliphatic hydroxyl groups excluding tert-OH is 1. The Labute approximate surface area is 181 Å². The minimum absolute atomic E-state index is 0.0744. The van der Waals surface area contributed by atoms with E-state index < -0.39 is 17.6 Å². The molecule has 4 rings (SSSR count). The number of aliphatic carboxylic acids is 1. The molecule has 0 radical (unpaired) electrons. The highest BCUT2D eigenvalue weighted by Crippen LogP contribution is 2.35. The van der Waals surface area contributed by atoms with Crippen LogP contribution in [-0.2, 0) is 4.79 Å². The molecule has 1 fully saturated rings. The van der Waals surface area contributed by atoms with Crippen molar-refractivity contribution >= 4 is 51.3 Å². The van der Waals surface area contributed by atoms with Crippen LogP contribution in [0.4, 0.5) is 0 Å². The highest BCUT2D eigenvalue weighted by molar-refractivity contribution is 8.15. The third kappa shape index (κ3) is 4.46. The second-order valence-electron chi connectivity index (χ2n) is 7.50. The maximum atomic E-state index is 11.3. The van der Waals surface area contributed by atoms with Gasteiger partial charge in [0.2, 0.25) is 0 Å². The largest absolute Gasteiger partial charge is 0.507 e. The van der Waals surface area contributed by atoms with Crippen molar-refractivity contribution in [3.63, 3.8) is 0 Å². The van der Waals surface area contributed by atoms with Crippen LogP contribution in [-0.4, -0.2) is 77.7 Å². The van der Waals surface area contributed by atoms with Gasteiger partial charge in [0.05, 0.1) is 22.6 Å². The second kappa shape index (κ2) is 8.50. The molecule has 0 aliphatic carbocycles. The molecule has 29 heavy (non-hydrogen) atoms. The number of nitrogens with zero attached hydrogens (tertiary/aromatic N) is 2. The predicted molar refractivity (Wildman–Crippen MR) is 121 cm³/mol. The third-order valence-corrected chi connectivity index (χ3v) is 8.96. The number of para-hydroxylation sites is 1. The van der Waals surface area contributed by atoms with E-state index in [1.807, 2.05) is 12.1 Å². The number of thioether (sulfide) groups is 3. The number of hydrogen-bond acceptors (Lipinski definition) is 9. The maximum Gasteiger partial charge on any atom is 0.332 e. The lowest BCUT2D eigenvalue weighted by atomic mass is 10.1. The summed E-state index contributed by atoms with van der Waals surface area (Å²) in [6, 6.07) is 7.21. The first kappa shape index (κ1) is 21.0. The van der Waals surface area contributed by atoms with E-state index in [0.717, 1.165) is 22.1 Å². The van der Waals surface area contributed by atoms with Gasteiger partial charge in [0.1, 0.15) is 10.8 Å². The van der Waals surface area contributed by atoms with Gasteiger partial charge in [-0.3, -0.25) is 15.3 Å². The van der Waals surface area contributed by atoms with Crippen molar-refractivity contribution in [2.75, 3.05) is 17.3 Å². The quantitative estimate of drug-likeness (QED) is 0.517. The molecule has 156 valence electrons. The molecule has 0 aromatic heterocycles. The number of benzene rings is 1. The van der Waals surface area contributed by atoms with Crippen LogP contribution in [0, 0.1) is 0 Å². The highest BCUT2D eigenvalue weighted by Gasteiger charge is 2.41. The SMILES string of the molecule is C[C@]1(C(=O)O)CSC(C[C@H](O)[C@@H]2CS[C@H]([C@H]3CSC(c4ccccc4O)=N3)N2)=N1. The second-order valence-corrected chi connectivity index (χ2v) is 10.7. The number of carboxylic acids is 1. The van der Waals surface area contributed by atoms with Gasteiger partial charge in [0.15, 0.2) is 5.54 Å². The fourth-order valence-corrected chi connectivity index (χ4v) is 7.23. The van der Waals surface area contributed by atoms with Gasteiger partial charge in [-0.2, -0.15) is 0 Å². The van der Waals surface area contributed by atoms with Crippen molar-refractivity contribution in [3.8, 4) is 5.75 Å². The number of hydrogen-bond donors (Lipinski definition) is 4. The molecule has 7 nitrogen and oxygen atoms in total. The average molecular weight is 454 g/mol. The molecule has 0 amide bonds. The molecule has 0 spiro atoms. The zero-order valence-electron chi connectivity index (χ0n) is 15.8. The molecule has 3 aliphatic heterocycles. The Hall–Kier alpha value is -1.20. The molecular formula is C19H23N3O4S3. The van der Waals surface area contributed by atoms with E-state index >= 15 is 0 Å². The summed E-state index contributed by atoms with van der Waals surface area (Å²) in [6.45, 7) is 1.61. The van der Waals surface area contributed by atoms with Gasteiger partial charge in [-0.1, -0.05) is 12.1 Å². The lowest BCUT2D eigenvalue weighted by Crippen LogP contribution is -2.43. The van der Waals surface area contributed by atoms with Crippen molar-refractivity contribution in [1.82, 2.24) is 5.32 Å². The Bertz CT molecular complexity index is 865. The molecule has 1 aromatic rings. The molecule has 0 unspecified atom stereocenters. The molecule has 10 heteroatoms. The van der Waals surface area contributed by atoms with Crippen LogP contribution in [0.5, 0.6) is 5.75 Å². The van der Waals surface area contributed by atoms with Crippen LogP contribution in [0.1, 0.15) is 18.9 Å². The zero-order chi connectivity index (χ0) is 20.6. The summed E-state index contributed by atoms with van der Waals surface area (Å²) < 4.78 is 0. The van der Waals surface area contributed by atoms with Crippen LogP contribution < -0.4 is 5.32 Å². The Morgan fingerprint density at radius 2 is 2.14 bits per heavy atom. The number of carboxylic acid groups (broad SMARTS) is 1. The smallest absolute Gasteiger partial charge is 0.332 e. The summed E-state index contributed by atoms with van der Waals surface area (Å²) in [6.07, 6.45) is -0.254. The Morgan fingerprint density at radius 1 is 1.34 bits per heavy atom. The number of phenolic OH excluding ortho intramolecular Hbond substituents is 1. The Balaban J connectivity index is 1.35. The van der Waals surface area contributed by atoms with E-state index in [0.29, 0.717) is 17.2 Å². The topological polar surface area (TPSA) is 115 Å². The standard InChI is InChI=1S/C19H23N3O4S3/c1-19(18(25)26)9-29-15(22-19)6-14(24)11-7-28-17(20-11)12-8-27-16(21-12)10-4-2-3-5-13(10)23/h2-5,11-12,14,17,20,23-24H,6-9H2,1H3,(H,25,26)/t11-,12+,14-,17+,19+/m0/s1. The first-order valence-corrected chi connectivity index (χ1v) is 12.4. The van der Waals surface area contributed by atoms with E-state index in [4.69, 9.17) is 4.99 Å². The van der Waals surface area contributed by atoms with Crippen LogP contribution in [0.3, 0.4) is 0 Å². The van der Waals surface area contributed by atoms with Gasteiger partial charge in [0.25, 0.3) is 0 Å². The molecule has 5 atom stereocenters. The van der Waals surface area contributed by atoms with Crippen molar-refractivity contribution in [3.05, 3.63) is 29.8 Å². The lowest BCUT2D eigenvalue weighted by molar-refractivity contribution is -0.141. The van der Waals surface area contributed by atoms with Gasteiger partial charge >= 0.3 is 5.97 Å². The zero-order valence-corrected chi connectivity index (χ0v) is 18.3. The van der Waals surface area contributed by atoms with Crippen LogP contribution >= 0.6 is 35.3 Å². The van der Waals surface area contributed by atoms with Crippen molar-refractivity contribution in [1.29, 1.82) is 0 Å². The van der Waals surface area contributed by atoms with Gasteiger partial charge < -0.3 is 15.3 Å². The Kier molecular flexibility index (Phi) is 6.17. The van der Waals surface area contributed by atoms with Crippen molar-refractivity contribution in [2.24, 2.45) is 9.98 Å². The first-order chi connectivity index (χ1) is 13.9. The van der Waals surface area contributed by atoms with Gasteiger partial charge in [0, 0.05) is 35.3 Å². The first-order valence-electron chi connectivity index (χ1n) is 9.35. The molecule has 0 bridgehead atoms. The predicted octanol–water partition coefficient (Wildman–Crippen LogP) is 2.02. The van der Waals surface area contributed by atoms with Gasteiger partial charge in [-0.15, -0.1) is 35.3 Å². The summed E-state index contributed by atoms with van der Waals surface area (Å²) in [5, 5.41) is 35.1. The van der Waals surface area contributed by atoms with Crippen LogP contribution in [0.15, 0.2) is 34.3 Å². The molecule has 4 N–H and O–H groups in total. The summed E-state index contributed by atoms with van der Waals surface area (Å²) >= 11 is 4.80. The van der Waals surface area contributed by atoms with E-state index in [-0.39, 0.29) is 23.2 Å². The molecule has 0 saturated carbocycles. The number of aromatic hydroxyl groups is 1. The van der Waals surface area contributed by atoms with E-state index in [9.17, 15) is 20.1 Å². The molecule has 1 aromatic carbocycles. The molecule has 1 saturated heterocycles. The number of nitrogens with one attached hydrogen (secondary N) is 1. The summed E-state index contributed by atoms with van der Waals surface area (Å²) in [4.78, 5) is 20.4. The van der Waals surface area contributed by atoms with E-state index in [1.165, 1.54) is 11.8 Å². The van der Waals surface area contributed by atoms with Crippen molar-refractivity contribution in [2.45, 2.75) is 42.4 Å².